The van der Waals surface area contributed by atoms with E-state index in [2.05, 4.69) is 0 Å². The fraction of sp³-hybridized carbons (Fsp3) is 0.0909. The molecule has 3 aromatic carbocycles. The molecule has 164 valence electrons. The van der Waals surface area contributed by atoms with Crippen LogP contribution >= 0.6 is 11.6 Å². The monoisotopic (exact) mass is 457 g/mol. The van der Waals surface area contributed by atoms with Crippen molar-refractivity contribution in [3.63, 3.8) is 0 Å². The minimum Gasteiger partial charge on any atom is -0.450 e. The molecule has 0 aliphatic rings. The molecule has 1 atom stereocenters. The number of carbonyl (C=O) groups excluding carboxylic acids is 2. The molecule has 0 bridgehead atoms. The van der Waals surface area contributed by atoms with Crippen molar-refractivity contribution >= 4 is 29.1 Å². The summed E-state index contributed by atoms with van der Waals surface area (Å²) >= 11 is 5.79. The lowest BCUT2D eigenvalue weighted by atomic mass is 10.0. The molecule has 2 N–H and O–H groups in total. The highest BCUT2D eigenvalue weighted by Crippen LogP contribution is 2.33. The highest BCUT2D eigenvalue weighted by Gasteiger charge is 2.28. The van der Waals surface area contributed by atoms with E-state index in [4.69, 9.17) is 22.1 Å². The number of carbonyl (C=O) groups is 2. The summed E-state index contributed by atoms with van der Waals surface area (Å²) in [5.74, 6) is -1.70. The number of hydrogen-bond donors (Lipinski definition) is 1. The Labute approximate surface area is 187 Å². The maximum absolute atomic E-state index is 13.6. The molecule has 2 amide bonds. The Morgan fingerprint density at radius 3 is 2.41 bits per heavy atom. The van der Waals surface area contributed by atoms with E-state index in [9.17, 15) is 24.1 Å². The van der Waals surface area contributed by atoms with Crippen LogP contribution in [0.1, 0.15) is 22.0 Å². The lowest BCUT2D eigenvalue weighted by molar-refractivity contribution is -0.385. The van der Waals surface area contributed by atoms with Gasteiger partial charge in [0.1, 0.15) is 17.6 Å². The zero-order chi connectivity index (χ0) is 23.4. The zero-order valence-corrected chi connectivity index (χ0v) is 17.5. The summed E-state index contributed by atoms with van der Waals surface area (Å²) in [5.41, 5.74) is 5.59. The minimum absolute atomic E-state index is 0.0181. The molecule has 0 saturated carbocycles. The first kappa shape index (κ1) is 22.7. The summed E-state index contributed by atoms with van der Waals surface area (Å²) in [6, 6.07) is 13.8. The Bertz CT molecular complexity index is 1190. The molecular weight excluding hydrogens is 441 g/mol. The summed E-state index contributed by atoms with van der Waals surface area (Å²) < 4.78 is 19.1. The van der Waals surface area contributed by atoms with Crippen LogP contribution in [0.4, 0.5) is 10.1 Å². The van der Waals surface area contributed by atoms with E-state index in [0.29, 0.717) is 0 Å². The number of ether oxygens (including phenoxy) is 1. The number of likely N-dealkylation sites (N-methyl/N-ethyl adjacent to an activating group) is 1. The van der Waals surface area contributed by atoms with E-state index in [0.717, 1.165) is 11.0 Å². The molecule has 8 nitrogen and oxygen atoms in total. The molecule has 3 aromatic rings. The molecule has 0 fully saturated rings. The van der Waals surface area contributed by atoms with E-state index in [1.165, 1.54) is 67.7 Å². The summed E-state index contributed by atoms with van der Waals surface area (Å²) in [6.45, 7) is 0. The van der Waals surface area contributed by atoms with Crippen LogP contribution in [0, 0.1) is 15.9 Å². The Hall–Kier alpha value is -3.98. The van der Waals surface area contributed by atoms with Gasteiger partial charge in [0.2, 0.25) is 11.7 Å². The first-order chi connectivity index (χ1) is 15.2. The number of nitro groups is 1. The van der Waals surface area contributed by atoms with Gasteiger partial charge in [0.15, 0.2) is 0 Å². The Morgan fingerprint density at radius 2 is 1.81 bits per heavy atom. The normalized spacial score (nSPS) is 11.5. The topological polar surface area (TPSA) is 116 Å². The molecule has 32 heavy (non-hydrogen) atoms. The Kier molecular flexibility index (Phi) is 6.70. The van der Waals surface area contributed by atoms with Gasteiger partial charge in [-0.3, -0.25) is 19.7 Å². The van der Waals surface area contributed by atoms with Gasteiger partial charge in [-0.25, -0.2) is 4.39 Å². The molecule has 1 unspecified atom stereocenters. The van der Waals surface area contributed by atoms with Gasteiger partial charge in [0.25, 0.3) is 5.91 Å². The Balaban J connectivity index is 1.81. The van der Waals surface area contributed by atoms with Gasteiger partial charge in [0.05, 0.1) is 4.92 Å². The van der Waals surface area contributed by atoms with Crippen molar-refractivity contribution in [2.24, 2.45) is 5.73 Å². The largest absolute Gasteiger partial charge is 0.450 e. The first-order valence-corrected chi connectivity index (χ1v) is 9.59. The fourth-order valence-electron chi connectivity index (χ4n) is 3.09. The van der Waals surface area contributed by atoms with Gasteiger partial charge in [-0.05, 0) is 54.1 Å². The van der Waals surface area contributed by atoms with Crippen molar-refractivity contribution in [1.29, 1.82) is 0 Å². The molecule has 0 heterocycles. The Morgan fingerprint density at radius 1 is 1.12 bits per heavy atom. The van der Waals surface area contributed by atoms with Crippen molar-refractivity contribution in [2.75, 3.05) is 7.05 Å². The number of rotatable bonds is 7. The van der Waals surface area contributed by atoms with E-state index in [1.54, 1.807) is 0 Å². The summed E-state index contributed by atoms with van der Waals surface area (Å²) in [5, 5.41) is 11.4. The van der Waals surface area contributed by atoms with E-state index in [1.807, 2.05) is 0 Å². The number of halogens is 2. The molecule has 10 heteroatoms. The van der Waals surface area contributed by atoms with Gasteiger partial charge in [-0.1, -0.05) is 23.7 Å². The highest BCUT2D eigenvalue weighted by atomic mass is 35.5. The third-order valence-electron chi connectivity index (χ3n) is 4.59. The van der Waals surface area contributed by atoms with Gasteiger partial charge in [-0.2, -0.15) is 0 Å². The summed E-state index contributed by atoms with van der Waals surface area (Å²) in [4.78, 5) is 36.5. The molecule has 0 spiro atoms. The summed E-state index contributed by atoms with van der Waals surface area (Å²) in [7, 11) is 1.38. The number of hydrogen-bond acceptors (Lipinski definition) is 5. The van der Waals surface area contributed by atoms with Crippen molar-refractivity contribution in [3.8, 4) is 11.5 Å². The van der Waals surface area contributed by atoms with Crippen LogP contribution in [0.25, 0.3) is 0 Å². The van der Waals surface area contributed by atoms with Crippen molar-refractivity contribution in [1.82, 2.24) is 4.90 Å². The summed E-state index contributed by atoms with van der Waals surface area (Å²) in [6.07, 6.45) is 0. The second-order valence-electron chi connectivity index (χ2n) is 6.77. The molecule has 0 aliphatic carbocycles. The van der Waals surface area contributed by atoms with Crippen molar-refractivity contribution in [2.45, 2.75) is 6.04 Å². The lowest BCUT2D eigenvalue weighted by Gasteiger charge is -2.26. The maximum Gasteiger partial charge on any atom is 0.313 e. The molecular formula is C22H17ClFN3O5. The van der Waals surface area contributed by atoms with Gasteiger partial charge < -0.3 is 15.4 Å². The van der Waals surface area contributed by atoms with E-state index in [-0.39, 0.29) is 33.3 Å². The first-order valence-electron chi connectivity index (χ1n) is 9.21. The third kappa shape index (κ3) is 5.01. The zero-order valence-electron chi connectivity index (χ0n) is 16.7. The van der Waals surface area contributed by atoms with Crippen LogP contribution in [0.3, 0.4) is 0 Å². The smallest absolute Gasteiger partial charge is 0.313 e. The predicted octanol–water partition coefficient (Wildman–Crippen LogP) is 4.48. The minimum atomic E-state index is -1.18. The number of nitrogens with zero attached hydrogens (tertiary/aromatic N) is 2. The van der Waals surface area contributed by atoms with E-state index >= 15 is 0 Å². The van der Waals surface area contributed by atoms with Crippen LogP contribution in [-0.2, 0) is 4.79 Å². The second kappa shape index (κ2) is 9.44. The SMILES string of the molecule is CN(C(=O)c1ccc(Oc2ccc(Cl)cc2[N+](=O)[O-])cc1)C(C(N)=O)c1cccc(F)c1. The molecule has 0 aliphatic heterocycles. The van der Waals surface area contributed by atoms with Crippen LogP contribution in [0.5, 0.6) is 11.5 Å². The number of primary amides is 1. The van der Waals surface area contributed by atoms with Crippen LogP contribution in [-0.4, -0.2) is 28.7 Å². The van der Waals surface area contributed by atoms with Crippen LogP contribution in [0.15, 0.2) is 66.7 Å². The molecule has 3 rings (SSSR count). The molecule has 0 aromatic heterocycles. The van der Waals surface area contributed by atoms with Gasteiger partial charge >= 0.3 is 5.69 Å². The standard InChI is InChI=1S/C22H17ClFN3O5/c1-26(20(21(25)28)14-3-2-4-16(24)11-14)22(29)13-5-8-17(9-6-13)32-19-10-7-15(23)12-18(19)27(30)31/h2-12,20H,1H3,(H2,25,28). The third-order valence-corrected chi connectivity index (χ3v) is 4.82. The van der Waals surface area contributed by atoms with Crippen LogP contribution < -0.4 is 10.5 Å². The average Bonchev–Trinajstić information content (AvgIpc) is 2.74. The lowest BCUT2D eigenvalue weighted by Crippen LogP contribution is -2.39. The van der Waals surface area contributed by atoms with Crippen molar-refractivity contribution in [3.05, 3.63) is 98.8 Å². The van der Waals surface area contributed by atoms with Crippen molar-refractivity contribution < 1.29 is 23.6 Å². The van der Waals surface area contributed by atoms with Gasteiger partial charge in [0, 0.05) is 23.7 Å². The number of nitrogens with two attached hydrogens (primary N) is 1. The number of amides is 2. The molecule has 0 saturated heterocycles. The fourth-order valence-corrected chi connectivity index (χ4v) is 3.25. The van der Waals surface area contributed by atoms with E-state index < -0.39 is 28.6 Å². The highest BCUT2D eigenvalue weighted by molar-refractivity contribution is 6.30. The maximum atomic E-state index is 13.6. The predicted molar refractivity (Wildman–Crippen MR) is 115 cm³/mol. The van der Waals surface area contributed by atoms with Crippen LogP contribution in [0.2, 0.25) is 5.02 Å². The van der Waals surface area contributed by atoms with Gasteiger partial charge in [-0.15, -0.1) is 0 Å². The average molecular weight is 458 g/mol. The number of nitro benzene ring substituents is 1. The number of benzene rings is 3. The second-order valence-corrected chi connectivity index (χ2v) is 7.21. The quantitative estimate of drug-likeness (QED) is 0.415. The molecule has 0 radical (unpaired) electrons.